The summed E-state index contributed by atoms with van der Waals surface area (Å²) in [6.07, 6.45) is 0. The zero-order valence-corrected chi connectivity index (χ0v) is 8.39. The lowest BCUT2D eigenvalue weighted by atomic mass is 10.3. The van der Waals surface area contributed by atoms with Crippen LogP contribution in [0, 0.1) is 0 Å². The van der Waals surface area contributed by atoms with Crippen molar-refractivity contribution in [1.82, 2.24) is 0 Å². The molecule has 0 saturated heterocycles. The van der Waals surface area contributed by atoms with Crippen LogP contribution in [0.2, 0.25) is 5.02 Å². The first-order chi connectivity index (χ1) is 6.27. The summed E-state index contributed by atoms with van der Waals surface area (Å²) in [4.78, 5) is 1.97. The average Bonchev–Trinajstić information content (AvgIpc) is 2.16. The van der Waals surface area contributed by atoms with Crippen molar-refractivity contribution in [1.29, 1.82) is 0 Å². The summed E-state index contributed by atoms with van der Waals surface area (Å²) in [7, 11) is 0. The Bertz CT molecular complexity index is 248. The van der Waals surface area contributed by atoms with E-state index >= 15 is 0 Å². The van der Waals surface area contributed by atoms with Gasteiger partial charge in [0.25, 0.3) is 0 Å². The molecule has 0 aliphatic heterocycles. The number of rotatable bonds is 4. The van der Waals surface area contributed by atoms with Gasteiger partial charge in [-0.1, -0.05) is 11.6 Å². The van der Waals surface area contributed by atoms with E-state index in [1.807, 2.05) is 36.1 Å². The third-order valence-corrected chi connectivity index (χ3v) is 2.18. The van der Waals surface area contributed by atoms with Crippen LogP contribution in [0.1, 0.15) is 6.92 Å². The van der Waals surface area contributed by atoms with Crippen molar-refractivity contribution >= 4 is 17.3 Å². The maximum absolute atomic E-state index is 12.1. The van der Waals surface area contributed by atoms with Crippen LogP contribution in [-0.4, -0.2) is 19.8 Å². The first kappa shape index (κ1) is 10.3. The fraction of sp³-hybridized carbons (Fsp3) is 0.400. The molecule has 1 nitrogen and oxygen atoms in total. The molecule has 0 bridgehead atoms. The van der Waals surface area contributed by atoms with E-state index in [4.69, 9.17) is 11.6 Å². The van der Waals surface area contributed by atoms with Crippen molar-refractivity contribution in [3.05, 3.63) is 29.3 Å². The van der Waals surface area contributed by atoms with Crippen LogP contribution >= 0.6 is 11.6 Å². The van der Waals surface area contributed by atoms with Crippen LogP contribution in [-0.2, 0) is 0 Å². The summed E-state index contributed by atoms with van der Waals surface area (Å²) in [5.74, 6) is 0. The second kappa shape index (κ2) is 5.07. The Morgan fingerprint density at radius 3 is 2.38 bits per heavy atom. The van der Waals surface area contributed by atoms with Gasteiger partial charge in [-0.25, -0.2) is 4.39 Å². The second-order valence-corrected chi connectivity index (χ2v) is 3.18. The molecular formula is C10H13ClFN. The van der Waals surface area contributed by atoms with Gasteiger partial charge in [0.15, 0.2) is 0 Å². The molecule has 1 aromatic carbocycles. The zero-order chi connectivity index (χ0) is 9.68. The highest BCUT2D eigenvalue weighted by molar-refractivity contribution is 6.30. The Morgan fingerprint density at radius 2 is 1.92 bits per heavy atom. The lowest BCUT2D eigenvalue weighted by molar-refractivity contribution is 0.492. The minimum Gasteiger partial charge on any atom is -0.369 e. The Morgan fingerprint density at radius 1 is 1.31 bits per heavy atom. The smallest absolute Gasteiger partial charge is 0.107 e. The summed E-state index contributed by atoms with van der Waals surface area (Å²) in [5, 5.41) is 0.708. The van der Waals surface area contributed by atoms with Crippen LogP contribution in [0.15, 0.2) is 24.3 Å². The molecule has 1 rings (SSSR count). The van der Waals surface area contributed by atoms with Gasteiger partial charge in [-0.3, -0.25) is 0 Å². The van der Waals surface area contributed by atoms with E-state index < -0.39 is 0 Å². The molecule has 0 fully saturated rings. The van der Waals surface area contributed by atoms with Crippen LogP contribution in [0.4, 0.5) is 10.1 Å². The molecule has 72 valence electrons. The quantitative estimate of drug-likeness (QED) is 0.724. The highest BCUT2D eigenvalue weighted by Crippen LogP contribution is 2.17. The van der Waals surface area contributed by atoms with E-state index in [0.717, 1.165) is 12.2 Å². The molecule has 0 N–H and O–H groups in total. The Kier molecular flexibility index (Phi) is 4.03. The van der Waals surface area contributed by atoms with Crippen molar-refractivity contribution in [2.75, 3.05) is 24.7 Å². The van der Waals surface area contributed by atoms with Gasteiger partial charge >= 0.3 is 0 Å². The number of alkyl halides is 1. The normalized spacial score (nSPS) is 10.1. The molecule has 0 heterocycles. The first-order valence-electron chi connectivity index (χ1n) is 4.34. The minimum absolute atomic E-state index is 0.323. The third-order valence-electron chi connectivity index (χ3n) is 1.93. The van der Waals surface area contributed by atoms with Gasteiger partial charge in [0.05, 0.1) is 0 Å². The molecule has 0 spiro atoms. The van der Waals surface area contributed by atoms with Crippen LogP contribution in [0.25, 0.3) is 0 Å². The van der Waals surface area contributed by atoms with Gasteiger partial charge in [0.2, 0.25) is 0 Å². The molecule has 1 aromatic rings. The number of nitrogens with zero attached hydrogens (tertiary/aromatic N) is 1. The van der Waals surface area contributed by atoms with Crippen molar-refractivity contribution in [2.45, 2.75) is 6.92 Å². The highest BCUT2D eigenvalue weighted by atomic mass is 35.5. The molecule has 0 aliphatic carbocycles. The van der Waals surface area contributed by atoms with E-state index in [0.29, 0.717) is 11.6 Å². The predicted octanol–water partition coefficient (Wildman–Crippen LogP) is 3.14. The Labute approximate surface area is 83.1 Å². The summed E-state index contributed by atoms with van der Waals surface area (Å²) in [6, 6.07) is 7.44. The first-order valence-corrected chi connectivity index (χ1v) is 4.72. The molecule has 0 radical (unpaired) electrons. The van der Waals surface area contributed by atoms with Crippen LogP contribution in [0.5, 0.6) is 0 Å². The molecule has 0 amide bonds. The fourth-order valence-corrected chi connectivity index (χ4v) is 1.35. The summed E-state index contributed by atoms with van der Waals surface area (Å²) in [6.45, 7) is 2.93. The standard InChI is InChI=1S/C10H13ClFN/c1-2-13(8-7-12)10-5-3-9(11)4-6-10/h3-6H,2,7-8H2,1H3. The van der Waals surface area contributed by atoms with Gasteiger partial charge in [-0.05, 0) is 31.2 Å². The molecule has 0 aromatic heterocycles. The summed E-state index contributed by atoms with van der Waals surface area (Å²) in [5.41, 5.74) is 1.02. The van der Waals surface area contributed by atoms with Gasteiger partial charge in [-0.2, -0.15) is 0 Å². The molecule has 13 heavy (non-hydrogen) atoms. The van der Waals surface area contributed by atoms with Crippen LogP contribution < -0.4 is 4.90 Å². The lowest BCUT2D eigenvalue weighted by Crippen LogP contribution is -2.24. The van der Waals surface area contributed by atoms with Gasteiger partial charge in [0.1, 0.15) is 6.67 Å². The molecule has 0 atom stereocenters. The SMILES string of the molecule is CCN(CCF)c1ccc(Cl)cc1. The predicted molar refractivity (Wildman–Crippen MR) is 55.3 cm³/mol. The van der Waals surface area contributed by atoms with E-state index in [1.165, 1.54) is 0 Å². The van der Waals surface area contributed by atoms with Crippen molar-refractivity contribution in [3.63, 3.8) is 0 Å². The van der Waals surface area contributed by atoms with Crippen molar-refractivity contribution in [3.8, 4) is 0 Å². The van der Waals surface area contributed by atoms with Gasteiger partial charge < -0.3 is 4.90 Å². The largest absolute Gasteiger partial charge is 0.369 e. The van der Waals surface area contributed by atoms with Crippen LogP contribution in [0.3, 0.4) is 0 Å². The minimum atomic E-state index is -0.323. The number of hydrogen-bond acceptors (Lipinski definition) is 1. The number of halogens is 2. The second-order valence-electron chi connectivity index (χ2n) is 2.75. The van der Waals surface area contributed by atoms with E-state index in [2.05, 4.69) is 0 Å². The summed E-state index contributed by atoms with van der Waals surface area (Å²) < 4.78 is 12.1. The number of benzene rings is 1. The number of anilines is 1. The van der Waals surface area contributed by atoms with Crippen molar-refractivity contribution < 1.29 is 4.39 Å². The van der Waals surface area contributed by atoms with E-state index in [1.54, 1.807) is 0 Å². The van der Waals surface area contributed by atoms with Crippen molar-refractivity contribution in [2.24, 2.45) is 0 Å². The maximum Gasteiger partial charge on any atom is 0.107 e. The Hall–Kier alpha value is -0.760. The molecule has 0 unspecified atom stereocenters. The molecule has 3 heteroatoms. The molecular weight excluding hydrogens is 189 g/mol. The molecule has 0 aliphatic rings. The highest BCUT2D eigenvalue weighted by Gasteiger charge is 2.02. The number of hydrogen-bond donors (Lipinski definition) is 0. The lowest BCUT2D eigenvalue weighted by Gasteiger charge is -2.21. The molecule has 0 saturated carbocycles. The van der Waals surface area contributed by atoms with E-state index in [-0.39, 0.29) is 6.67 Å². The van der Waals surface area contributed by atoms with Gasteiger partial charge in [-0.15, -0.1) is 0 Å². The Balaban J connectivity index is 2.73. The van der Waals surface area contributed by atoms with Gasteiger partial charge in [0, 0.05) is 23.8 Å². The average molecular weight is 202 g/mol. The fourth-order valence-electron chi connectivity index (χ4n) is 1.22. The van der Waals surface area contributed by atoms with E-state index in [9.17, 15) is 4.39 Å². The summed E-state index contributed by atoms with van der Waals surface area (Å²) >= 11 is 5.74. The topological polar surface area (TPSA) is 3.24 Å². The monoisotopic (exact) mass is 201 g/mol. The maximum atomic E-state index is 12.1. The zero-order valence-electron chi connectivity index (χ0n) is 7.63. The third kappa shape index (κ3) is 2.88.